The van der Waals surface area contributed by atoms with E-state index >= 15 is 0 Å². The van der Waals surface area contributed by atoms with E-state index in [1.54, 1.807) is 0 Å². The third kappa shape index (κ3) is 3.53. The van der Waals surface area contributed by atoms with Crippen molar-refractivity contribution < 1.29 is 14.3 Å². The van der Waals surface area contributed by atoms with Crippen LogP contribution in [0, 0.1) is 0 Å². The number of para-hydroxylation sites is 2. The van der Waals surface area contributed by atoms with E-state index in [2.05, 4.69) is 4.90 Å². The van der Waals surface area contributed by atoms with Gasteiger partial charge in [0, 0.05) is 37.3 Å². The first kappa shape index (κ1) is 19.0. The zero-order valence-electron chi connectivity index (χ0n) is 16.5. The molecule has 3 aromatic rings. The van der Waals surface area contributed by atoms with Gasteiger partial charge in [0.15, 0.2) is 5.78 Å². The molecule has 3 heterocycles. The predicted octanol–water partition coefficient (Wildman–Crippen LogP) is 4.01. The second-order valence-corrected chi connectivity index (χ2v) is 8.56. The molecule has 0 atom stereocenters. The van der Waals surface area contributed by atoms with E-state index in [0.29, 0.717) is 32.7 Å². The summed E-state index contributed by atoms with van der Waals surface area (Å²) < 4.78 is 6.03. The van der Waals surface area contributed by atoms with Crippen LogP contribution in [-0.2, 0) is 4.79 Å². The Hall–Kier alpha value is -2.96. The van der Waals surface area contributed by atoms with E-state index in [0.717, 1.165) is 27.5 Å². The number of hydrogen-bond acceptors (Lipinski definition) is 5. The van der Waals surface area contributed by atoms with Gasteiger partial charge >= 0.3 is 0 Å². The molecule has 0 spiro atoms. The van der Waals surface area contributed by atoms with Crippen LogP contribution in [-0.4, -0.2) is 54.2 Å². The van der Waals surface area contributed by atoms with Crippen molar-refractivity contribution in [3.63, 3.8) is 0 Å². The molecular weight excluding hydrogens is 396 g/mol. The number of ketones is 1. The summed E-state index contributed by atoms with van der Waals surface area (Å²) >= 11 is 1.48. The van der Waals surface area contributed by atoms with Crippen LogP contribution in [0.25, 0.3) is 0 Å². The van der Waals surface area contributed by atoms with E-state index in [4.69, 9.17) is 4.74 Å². The molecule has 0 aliphatic carbocycles. The number of benzene rings is 2. The molecule has 0 radical (unpaired) electrons. The van der Waals surface area contributed by atoms with E-state index in [-0.39, 0.29) is 17.6 Å². The van der Waals surface area contributed by atoms with Gasteiger partial charge in [-0.1, -0.05) is 42.5 Å². The standard InChI is InChI=1S/C24H22N2O3S/c27-19(22-10-5-15-30-22)16-25-11-13-26(14-12-25)24(28)23-17-6-1-3-8-20(17)29-21-9-4-2-7-18(21)23/h1-10,15,23H,11-14,16H2. The van der Waals surface area contributed by atoms with Gasteiger partial charge in [-0.05, 0) is 23.6 Å². The summed E-state index contributed by atoms with van der Waals surface area (Å²) in [6, 6.07) is 19.3. The number of rotatable bonds is 4. The molecule has 5 nitrogen and oxygen atoms in total. The van der Waals surface area contributed by atoms with E-state index < -0.39 is 0 Å². The number of Topliss-reactive ketones (excluding diaryl/α,β-unsaturated/α-hetero) is 1. The first-order valence-electron chi connectivity index (χ1n) is 10.1. The number of carbonyl (C=O) groups excluding carboxylic acids is 2. The summed E-state index contributed by atoms with van der Waals surface area (Å²) in [5, 5.41) is 1.92. The molecule has 2 aliphatic heterocycles. The molecule has 6 heteroatoms. The van der Waals surface area contributed by atoms with Crippen LogP contribution in [0.3, 0.4) is 0 Å². The molecule has 1 saturated heterocycles. The second kappa shape index (κ2) is 8.05. The van der Waals surface area contributed by atoms with Gasteiger partial charge in [0.25, 0.3) is 0 Å². The number of nitrogens with zero attached hydrogens (tertiary/aromatic N) is 2. The van der Waals surface area contributed by atoms with Gasteiger partial charge in [-0.2, -0.15) is 0 Å². The highest BCUT2D eigenvalue weighted by Gasteiger charge is 2.36. The van der Waals surface area contributed by atoms with Gasteiger partial charge in [-0.25, -0.2) is 0 Å². The highest BCUT2D eigenvalue weighted by molar-refractivity contribution is 7.12. The number of amides is 1. The molecule has 0 N–H and O–H groups in total. The molecule has 0 saturated carbocycles. The largest absolute Gasteiger partial charge is 0.457 e. The fraction of sp³-hybridized carbons (Fsp3) is 0.250. The monoisotopic (exact) mass is 418 g/mol. The Morgan fingerprint density at radius 2 is 1.50 bits per heavy atom. The van der Waals surface area contributed by atoms with Crippen molar-refractivity contribution in [2.45, 2.75) is 5.92 Å². The normalized spacial score (nSPS) is 16.5. The minimum Gasteiger partial charge on any atom is -0.457 e. The summed E-state index contributed by atoms with van der Waals surface area (Å²) in [4.78, 5) is 30.8. The summed E-state index contributed by atoms with van der Waals surface area (Å²) in [7, 11) is 0. The zero-order valence-corrected chi connectivity index (χ0v) is 17.3. The molecule has 2 aliphatic rings. The Kier molecular flexibility index (Phi) is 5.11. The highest BCUT2D eigenvalue weighted by atomic mass is 32.1. The van der Waals surface area contributed by atoms with Gasteiger partial charge in [0.1, 0.15) is 11.5 Å². The highest BCUT2D eigenvalue weighted by Crippen LogP contribution is 2.44. The Labute approximate surface area is 179 Å². The van der Waals surface area contributed by atoms with Crippen LogP contribution in [0.1, 0.15) is 26.7 Å². The van der Waals surface area contributed by atoms with Crippen molar-refractivity contribution in [1.29, 1.82) is 0 Å². The Morgan fingerprint density at radius 1 is 0.867 bits per heavy atom. The summed E-state index contributed by atoms with van der Waals surface area (Å²) in [6.07, 6.45) is 0. The third-order valence-electron chi connectivity index (χ3n) is 5.77. The first-order chi connectivity index (χ1) is 14.7. The molecule has 5 rings (SSSR count). The number of ether oxygens (including phenoxy) is 1. The van der Waals surface area contributed by atoms with E-state index in [9.17, 15) is 9.59 Å². The van der Waals surface area contributed by atoms with Crippen molar-refractivity contribution >= 4 is 23.0 Å². The lowest BCUT2D eigenvalue weighted by molar-refractivity contribution is -0.133. The fourth-order valence-electron chi connectivity index (χ4n) is 4.20. The number of hydrogen-bond donors (Lipinski definition) is 0. The molecular formula is C24H22N2O3S. The van der Waals surface area contributed by atoms with Gasteiger partial charge in [0.05, 0.1) is 17.3 Å². The first-order valence-corrected chi connectivity index (χ1v) is 11.0. The Balaban J connectivity index is 1.31. The van der Waals surface area contributed by atoms with Gasteiger partial charge in [0.2, 0.25) is 5.91 Å². The number of thiophene rings is 1. The average molecular weight is 419 g/mol. The number of fused-ring (bicyclic) bond motifs is 2. The quantitative estimate of drug-likeness (QED) is 0.601. The molecule has 1 amide bonds. The van der Waals surface area contributed by atoms with Gasteiger partial charge in [-0.3, -0.25) is 14.5 Å². The van der Waals surface area contributed by atoms with E-state index in [1.165, 1.54) is 11.3 Å². The maximum Gasteiger partial charge on any atom is 0.234 e. The predicted molar refractivity (Wildman–Crippen MR) is 116 cm³/mol. The molecule has 0 unspecified atom stereocenters. The second-order valence-electron chi connectivity index (χ2n) is 7.61. The molecule has 30 heavy (non-hydrogen) atoms. The molecule has 0 bridgehead atoms. The fourth-order valence-corrected chi connectivity index (χ4v) is 4.86. The third-order valence-corrected chi connectivity index (χ3v) is 6.68. The lowest BCUT2D eigenvalue weighted by Gasteiger charge is -2.37. The van der Waals surface area contributed by atoms with Crippen LogP contribution >= 0.6 is 11.3 Å². The summed E-state index contributed by atoms with van der Waals surface area (Å²) in [5.41, 5.74) is 1.83. The topological polar surface area (TPSA) is 49.9 Å². The molecule has 1 aromatic heterocycles. The summed E-state index contributed by atoms with van der Waals surface area (Å²) in [5.74, 6) is 1.38. The molecule has 1 fully saturated rings. The number of carbonyl (C=O) groups is 2. The van der Waals surface area contributed by atoms with Crippen molar-refractivity contribution in [3.8, 4) is 11.5 Å². The van der Waals surface area contributed by atoms with Crippen LogP contribution in [0.4, 0.5) is 0 Å². The van der Waals surface area contributed by atoms with Gasteiger partial charge in [-0.15, -0.1) is 11.3 Å². The molecule has 2 aromatic carbocycles. The van der Waals surface area contributed by atoms with Crippen molar-refractivity contribution in [2.24, 2.45) is 0 Å². The zero-order chi connectivity index (χ0) is 20.5. The van der Waals surface area contributed by atoms with Crippen LogP contribution < -0.4 is 4.74 Å². The van der Waals surface area contributed by atoms with Crippen LogP contribution in [0.5, 0.6) is 11.5 Å². The smallest absolute Gasteiger partial charge is 0.234 e. The molecule has 152 valence electrons. The van der Waals surface area contributed by atoms with Crippen molar-refractivity contribution in [2.75, 3.05) is 32.7 Å². The Morgan fingerprint density at radius 3 is 2.10 bits per heavy atom. The number of piperazine rings is 1. The average Bonchev–Trinajstić information content (AvgIpc) is 3.33. The Bertz CT molecular complexity index is 1030. The maximum absolute atomic E-state index is 13.6. The van der Waals surface area contributed by atoms with Gasteiger partial charge < -0.3 is 9.64 Å². The lowest BCUT2D eigenvalue weighted by Crippen LogP contribution is -2.51. The minimum absolute atomic E-state index is 0.0995. The van der Waals surface area contributed by atoms with Crippen LogP contribution in [0.15, 0.2) is 66.0 Å². The summed E-state index contributed by atoms with van der Waals surface area (Å²) in [6.45, 7) is 3.06. The van der Waals surface area contributed by atoms with Crippen molar-refractivity contribution in [3.05, 3.63) is 82.0 Å². The minimum atomic E-state index is -0.356. The van der Waals surface area contributed by atoms with Crippen LogP contribution in [0.2, 0.25) is 0 Å². The maximum atomic E-state index is 13.6. The van der Waals surface area contributed by atoms with Crippen molar-refractivity contribution in [1.82, 2.24) is 9.80 Å². The SMILES string of the molecule is O=C(CN1CCN(C(=O)C2c3ccccc3Oc3ccccc32)CC1)c1cccs1. The lowest BCUT2D eigenvalue weighted by atomic mass is 9.86. The van der Waals surface area contributed by atoms with E-state index in [1.807, 2.05) is 70.9 Å².